The quantitative estimate of drug-likeness (QED) is 0.228. The van der Waals surface area contributed by atoms with Crippen LogP contribution < -0.4 is 4.43 Å². The van der Waals surface area contributed by atoms with Crippen molar-refractivity contribution in [1.29, 1.82) is 0 Å². The van der Waals surface area contributed by atoms with Crippen LogP contribution in [0, 0.1) is 0 Å². The third-order valence-corrected chi connectivity index (χ3v) is 8.85. The highest BCUT2D eigenvalue weighted by Gasteiger charge is 2.34. The van der Waals surface area contributed by atoms with E-state index in [2.05, 4.69) is 28.7 Å². The van der Waals surface area contributed by atoms with Crippen LogP contribution in [-0.2, 0) is 4.43 Å². The first kappa shape index (κ1) is 17.0. The van der Waals surface area contributed by atoms with Crippen LogP contribution in [-0.4, -0.2) is 13.2 Å². The second-order valence-corrected chi connectivity index (χ2v) is 12.2. The molecule has 0 aliphatic rings. The number of para-hydroxylation sites is 1. The number of benzene rings is 1. The normalized spacial score (nSPS) is 14.1. The Morgan fingerprint density at radius 1 is 1.00 bits per heavy atom. The van der Waals surface area contributed by atoms with Crippen molar-refractivity contribution in [2.75, 3.05) is 7.11 Å². The molecule has 108 valence electrons. The topological polar surface area (TPSA) is 18.5 Å². The molecule has 1 aromatic rings. The summed E-state index contributed by atoms with van der Waals surface area (Å²) in [4.78, 5) is 0. The Morgan fingerprint density at radius 3 is 2.26 bits per heavy atom. The van der Waals surface area contributed by atoms with Crippen LogP contribution in [0.4, 0.5) is 0 Å². The number of hydrogen-bond acceptors (Lipinski definition) is 2. The zero-order chi connectivity index (χ0) is 14.0. The summed E-state index contributed by atoms with van der Waals surface area (Å²) >= 11 is 2.41. The summed E-state index contributed by atoms with van der Waals surface area (Å²) in [6, 6.07) is 9.01. The number of halogens is 1. The second-order valence-electron chi connectivity index (χ2n) is 4.80. The minimum atomic E-state index is -2.06. The zero-order valence-corrected chi connectivity index (χ0v) is 15.2. The van der Waals surface area contributed by atoms with E-state index in [0.717, 1.165) is 11.8 Å². The summed E-state index contributed by atoms with van der Waals surface area (Å²) in [5, 5.41) is 0. The van der Waals surface area contributed by atoms with Gasteiger partial charge in [0.25, 0.3) is 0 Å². The Balaban J connectivity index is 2.30. The molecule has 0 N–H and O–H groups in total. The lowest BCUT2D eigenvalue weighted by Gasteiger charge is -2.23. The zero-order valence-electron chi connectivity index (χ0n) is 12.0. The largest absolute Gasteiger partial charge is 0.513 e. The molecule has 1 unspecified atom stereocenters. The lowest BCUT2D eigenvalue weighted by atomic mass is 10.1. The number of unbranched alkanes of at least 4 members (excludes halogenated alkanes) is 5. The Morgan fingerprint density at radius 2 is 1.63 bits per heavy atom. The van der Waals surface area contributed by atoms with Crippen LogP contribution in [0.3, 0.4) is 0 Å². The summed E-state index contributed by atoms with van der Waals surface area (Å²) in [5.74, 6) is 0.927. The SMILES string of the molecule is CCCCCCCC[Si](I)(OC)Oc1ccccc1. The highest BCUT2D eigenvalue weighted by molar-refractivity contribution is 14.1. The molecule has 0 heterocycles. The molecule has 4 heteroatoms. The minimum absolute atomic E-state index is 0.927. The Kier molecular flexibility index (Phi) is 8.73. The monoisotopic (exact) mass is 392 g/mol. The van der Waals surface area contributed by atoms with Gasteiger partial charge in [0.05, 0.1) is 0 Å². The fourth-order valence-electron chi connectivity index (χ4n) is 1.98. The van der Waals surface area contributed by atoms with Gasteiger partial charge in [0, 0.05) is 13.2 Å². The van der Waals surface area contributed by atoms with Gasteiger partial charge in [-0.05, 0) is 40.4 Å². The standard InChI is InChI=1S/C15H25IO2Si/c1-3-4-5-6-7-11-14-19(16,17-2)18-15-12-9-8-10-13-15/h8-10,12-13H,3-7,11,14H2,1-2H3. The van der Waals surface area contributed by atoms with Crippen molar-refractivity contribution in [1.82, 2.24) is 0 Å². The van der Waals surface area contributed by atoms with Crippen molar-refractivity contribution >= 4 is 27.9 Å². The van der Waals surface area contributed by atoms with Crippen LogP contribution in [0.2, 0.25) is 6.04 Å². The Labute approximate surface area is 131 Å². The van der Waals surface area contributed by atoms with E-state index in [0.29, 0.717) is 0 Å². The molecule has 1 rings (SSSR count). The van der Waals surface area contributed by atoms with E-state index in [1.165, 1.54) is 38.5 Å². The van der Waals surface area contributed by atoms with Crippen molar-refractivity contribution in [3.05, 3.63) is 30.3 Å². The molecule has 0 spiro atoms. The lowest BCUT2D eigenvalue weighted by Crippen LogP contribution is -2.37. The summed E-state index contributed by atoms with van der Waals surface area (Å²) in [5.41, 5.74) is 0. The second kappa shape index (κ2) is 9.77. The molecular formula is C15H25IO2Si. The molecule has 0 aliphatic carbocycles. The summed E-state index contributed by atoms with van der Waals surface area (Å²) < 4.78 is 11.8. The minimum Gasteiger partial charge on any atom is -0.513 e. The molecule has 1 atom stereocenters. The maximum absolute atomic E-state index is 6.08. The first-order valence-electron chi connectivity index (χ1n) is 7.18. The van der Waals surface area contributed by atoms with Crippen LogP contribution in [0.1, 0.15) is 45.4 Å². The Hall–Kier alpha value is -0.0731. The van der Waals surface area contributed by atoms with Gasteiger partial charge in [-0.15, -0.1) is 0 Å². The third kappa shape index (κ3) is 7.32. The lowest BCUT2D eigenvalue weighted by molar-refractivity contribution is 0.326. The van der Waals surface area contributed by atoms with E-state index >= 15 is 0 Å². The fraction of sp³-hybridized carbons (Fsp3) is 0.600. The predicted octanol–water partition coefficient (Wildman–Crippen LogP) is 5.45. The van der Waals surface area contributed by atoms with Crippen molar-refractivity contribution in [3.63, 3.8) is 0 Å². The molecule has 0 bridgehead atoms. The van der Waals surface area contributed by atoms with Crippen LogP contribution in [0.25, 0.3) is 0 Å². The van der Waals surface area contributed by atoms with Gasteiger partial charge < -0.3 is 8.85 Å². The Bertz CT molecular complexity index is 334. The van der Waals surface area contributed by atoms with Crippen LogP contribution >= 0.6 is 21.8 Å². The van der Waals surface area contributed by atoms with Gasteiger partial charge in [0.2, 0.25) is 0 Å². The maximum atomic E-state index is 6.08. The smallest absolute Gasteiger partial charge is 0.468 e. The van der Waals surface area contributed by atoms with Gasteiger partial charge in [-0.3, -0.25) is 0 Å². The first-order valence-corrected chi connectivity index (χ1v) is 12.3. The average Bonchev–Trinajstić information content (AvgIpc) is 2.44. The highest BCUT2D eigenvalue weighted by Crippen LogP contribution is 2.27. The molecule has 2 nitrogen and oxygen atoms in total. The highest BCUT2D eigenvalue weighted by atomic mass is 127. The number of rotatable bonds is 10. The van der Waals surface area contributed by atoms with Gasteiger partial charge in [0.1, 0.15) is 5.75 Å². The first-order chi connectivity index (χ1) is 9.20. The molecule has 0 radical (unpaired) electrons. The van der Waals surface area contributed by atoms with Crippen molar-refractivity contribution in [3.8, 4) is 5.75 Å². The summed E-state index contributed by atoms with van der Waals surface area (Å²) in [6.45, 7) is 2.25. The van der Waals surface area contributed by atoms with Crippen LogP contribution in [0.15, 0.2) is 30.3 Å². The molecule has 0 amide bonds. The fourth-order valence-corrected chi connectivity index (χ4v) is 5.43. The van der Waals surface area contributed by atoms with Crippen molar-refractivity contribution < 1.29 is 8.85 Å². The van der Waals surface area contributed by atoms with Crippen LogP contribution in [0.5, 0.6) is 5.75 Å². The molecule has 1 aromatic carbocycles. The van der Waals surface area contributed by atoms with Gasteiger partial charge in [-0.25, -0.2) is 0 Å². The molecule has 0 aliphatic heterocycles. The molecular weight excluding hydrogens is 367 g/mol. The van der Waals surface area contributed by atoms with E-state index in [4.69, 9.17) is 8.85 Å². The molecule has 0 aromatic heterocycles. The predicted molar refractivity (Wildman–Crippen MR) is 92.0 cm³/mol. The van der Waals surface area contributed by atoms with Crippen molar-refractivity contribution in [2.24, 2.45) is 0 Å². The third-order valence-electron chi connectivity index (χ3n) is 3.15. The van der Waals surface area contributed by atoms with Gasteiger partial charge in [-0.2, -0.15) is 0 Å². The maximum Gasteiger partial charge on any atom is 0.468 e. The van der Waals surface area contributed by atoms with E-state index in [1.54, 1.807) is 7.11 Å². The van der Waals surface area contributed by atoms with E-state index in [1.807, 2.05) is 30.3 Å². The van der Waals surface area contributed by atoms with Gasteiger partial charge in [-0.1, -0.05) is 57.2 Å². The van der Waals surface area contributed by atoms with Gasteiger partial charge >= 0.3 is 6.06 Å². The molecule has 19 heavy (non-hydrogen) atoms. The summed E-state index contributed by atoms with van der Waals surface area (Å²) in [6.07, 6.45) is 7.86. The molecule has 0 saturated carbocycles. The average molecular weight is 392 g/mol. The van der Waals surface area contributed by atoms with E-state index in [9.17, 15) is 0 Å². The van der Waals surface area contributed by atoms with Gasteiger partial charge in [0.15, 0.2) is 0 Å². The molecule has 0 saturated heterocycles. The molecule has 0 fully saturated rings. The van der Waals surface area contributed by atoms with Crippen molar-refractivity contribution in [2.45, 2.75) is 51.5 Å². The number of hydrogen-bond donors (Lipinski definition) is 0. The van der Waals surface area contributed by atoms with E-state index < -0.39 is 6.06 Å². The summed E-state index contributed by atoms with van der Waals surface area (Å²) in [7, 11) is 1.78. The van der Waals surface area contributed by atoms with E-state index in [-0.39, 0.29) is 0 Å².